The topological polar surface area (TPSA) is 0 Å². The number of halogens is 3. The van der Waals surface area contributed by atoms with E-state index in [1.54, 1.807) is 0 Å². The molecule has 0 spiro atoms. The van der Waals surface area contributed by atoms with E-state index >= 15 is 0 Å². The molecule has 0 bridgehead atoms. The van der Waals surface area contributed by atoms with Crippen LogP contribution < -0.4 is 12.4 Å². The van der Waals surface area contributed by atoms with Crippen molar-refractivity contribution >= 4 is 23.1 Å². The molecule has 0 radical (unpaired) electrons. The molecule has 0 unspecified atom stereocenters. The van der Waals surface area contributed by atoms with Gasteiger partial charge in [0.25, 0.3) is 0 Å². The van der Waals surface area contributed by atoms with Crippen LogP contribution >= 0.6 is 0 Å². The van der Waals surface area contributed by atoms with Crippen molar-refractivity contribution in [3.05, 3.63) is 35.9 Å². The summed E-state index contributed by atoms with van der Waals surface area (Å²) in [6, 6.07) is 5.08. The summed E-state index contributed by atoms with van der Waals surface area (Å²) in [6.07, 6.45) is 0. The summed E-state index contributed by atoms with van der Waals surface area (Å²) in [5, 5.41) is 0. The molecule has 1 aromatic rings. The minimum atomic E-state index is -0.536. The molecular weight excluding hydrogens is 170 g/mol. The van der Waals surface area contributed by atoms with Crippen LogP contribution in [-0.4, -0.2) is 23.1 Å². The SMILES string of the molecule is Fc1[c-]cc(F)cc1.[Cl-].[Mg+2]. The molecule has 0 amide bonds. The van der Waals surface area contributed by atoms with Crippen molar-refractivity contribution in [2.24, 2.45) is 0 Å². The number of rotatable bonds is 0. The number of hydrogen-bond donors (Lipinski definition) is 0. The van der Waals surface area contributed by atoms with E-state index in [9.17, 15) is 8.78 Å². The third-order valence-corrected chi connectivity index (χ3v) is 0.737. The Hall–Kier alpha value is 0.136. The largest absolute Gasteiger partial charge is 2.00 e. The second-order valence-electron chi connectivity index (χ2n) is 1.35. The molecule has 0 nitrogen and oxygen atoms in total. The Morgan fingerprint density at radius 3 is 2.10 bits per heavy atom. The normalized spacial score (nSPS) is 7.40. The van der Waals surface area contributed by atoms with Crippen LogP contribution in [0.25, 0.3) is 0 Å². The van der Waals surface area contributed by atoms with Crippen molar-refractivity contribution in [1.82, 2.24) is 0 Å². The maximum Gasteiger partial charge on any atom is 2.00 e. The van der Waals surface area contributed by atoms with Gasteiger partial charge in [-0.05, 0) is 0 Å². The molecule has 0 aliphatic heterocycles. The minimum Gasteiger partial charge on any atom is -1.00 e. The fourth-order valence-corrected chi connectivity index (χ4v) is 0.387. The predicted octanol–water partition coefficient (Wildman–Crippen LogP) is -1.61. The van der Waals surface area contributed by atoms with Gasteiger partial charge in [-0.1, -0.05) is 0 Å². The summed E-state index contributed by atoms with van der Waals surface area (Å²) in [4.78, 5) is 0. The first kappa shape index (κ1) is 12.8. The van der Waals surface area contributed by atoms with E-state index in [0.29, 0.717) is 0 Å². The summed E-state index contributed by atoms with van der Waals surface area (Å²) >= 11 is 0. The van der Waals surface area contributed by atoms with Gasteiger partial charge in [0.15, 0.2) is 0 Å². The van der Waals surface area contributed by atoms with Crippen LogP contribution in [0, 0.1) is 17.7 Å². The minimum absolute atomic E-state index is 0. The third-order valence-electron chi connectivity index (χ3n) is 0.737. The van der Waals surface area contributed by atoms with Gasteiger partial charge < -0.3 is 12.4 Å². The smallest absolute Gasteiger partial charge is 1.00 e. The van der Waals surface area contributed by atoms with Gasteiger partial charge in [0.2, 0.25) is 0 Å². The molecule has 0 heterocycles. The van der Waals surface area contributed by atoms with E-state index in [4.69, 9.17) is 0 Å². The molecule has 1 rings (SSSR count). The molecule has 0 saturated heterocycles. The van der Waals surface area contributed by atoms with E-state index in [-0.39, 0.29) is 35.5 Å². The van der Waals surface area contributed by atoms with Crippen LogP contribution in [-0.2, 0) is 0 Å². The van der Waals surface area contributed by atoms with Crippen LogP contribution in [0.5, 0.6) is 0 Å². The van der Waals surface area contributed by atoms with E-state index in [2.05, 4.69) is 6.07 Å². The average Bonchev–Trinajstić information content (AvgIpc) is 1.77. The molecule has 0 aliphatic rings. The summed E-state index contributed by atoms with van der Waals surface area (Å²) in [7, 11) is 0. The maximum atomic E-state index is 11.9. The van der Waals surface area contributed by atoms with Crippen LogP contribution in [0.15, 0.2) is 18.2 Å². The molecule has 0 aliphatic carbocycles. The molecule has 0 N–H and O–H groups in total. The Morgan fingerprint density at radius 1 is 1.20 bits per heavy atom. The fraction of sp³-hybridized carbons (Fsp3) is 0. The molecule has 1 aromatic carbocycles. The maximum absolute atomic E-state index is 11.9. The molecule has 4 heteroatoms. The van der Waals surface area contributed by atoms with Gasteiger partial charge in [0, 0.05) is 11.6 Å². The first-order chi connectivity index (χ1) is 3.79. The quantitative estimate of drug-likeness (QED) is 0.327. The van der Waals surface area contributed by atoms with Crippen molar-refractivity contribution in [2.45, 2.75) is 0 Å². The standard InChI is InChI=1S/C6H3F2.ClH.Mg/c7-5-1-2-6(8)4-3-5;;/h1-3H;1H;/q-1;;+2/p-1. The Morgan fingerprint density at radius 2 is 1.80 bits per heavy atom. The molecule has 10 heavy (non-hydrogen) atoms. The van der Waals surface area contributed by atoms with Crippen LogP contribution in [0.4, 0.5) is 8.78 Å². The van der Waals surface area contributed by atoms with E-state index < -0.39 is 11.6 Å². The van der Waals surface area contributed by atoms with Gasteiger partial charge in [-0.3, -0.25) is 4.39 Å². The van der Waals surface area contributed by atoms with Gasteiger partial charge in [0.05, 0.1) is 0 Å². The zero-order valence-electron chi connectivity index (χ0n) is 5.07. The van der Waals surface area contributed by atoms with Crippen molar-refractivity contribution in [3.63, 3.8) is 0 Å². The molecule has 0 atom stereocenters. The van der Waals surface area contributed by atoms with Gasteiger partial charge in [-0.25, -0.2) is 4.39 Å². The van der Waals surface area contributed by atoms with Crippen LogP contribution in [0.3, 0.4) is 0 Å². The molecule has 0 aromatic heterocycles. The van der Waals surface area contributed by atoms with Crippen molar-refractivity contribution in [1.29, 1.82) is 0 Å². The van der Waals surface area contributed by atoms with Crippen LogP contribution in [0.1, 0.15) is 0 Å². The van der Waals surface area contributed by atoms with Gasteiger partial charge in [0.1, 0.15) is 0 Å². The number of hydrogen-bond acceptors (Lipinski definition) is 0. The summed E-state index contributed by atoms with van der Waals surface area (Å²) in [5.74, 6) is -1.00. The molecule has 0 fully saturated rings. The Balaban J connectivity index is 0. The van der Waals surface area contributed by atoms with E-state index in [1.807, 2.05) is 0 Å². The predicted molar refractivity (Wildman–Crippen MR) is 30.9 cm³/mol. The number of benzene rings is 1. The summed E-state index contributed by atoms with van der Waals surface area (Å²) in [5.41, 5.74) is 0. The zero-order chi connectivity index (χ0) is 5.98. The zero-order valence-corrected chi connectivity index (χ0v) is 7.24. The van der Waals surface area contributed by atoms with Gasteiger partial charge >= 0.3 is 23.1 Å². The fourth-order valence-electron chi connectivity index (χ4n) is 0.387. The van der Waals surface area contributed by atoms with Gasteiger partial charge in [-0.2, -0.15) is 0 Å². The second kappa shape index (κ2) is 5.89. The Bertz CT molecular complexity index is 155. The van der Waals surface area contributed by atoms with E-state index in [0.717, 1.165) is 18.2 Å². The van der Waals surface area contributed by atoms with Crippen molar-refractivity contribution in [2.75, 3.05) is 0 Å². The third kappa shape index (κ3) is 4.03. The summed E-state index contributed by atoms with van der Waals surface area (Å²) < 4.78 is 23.8. The molecule has 0 saturated carbocycles. The first-order valence-corrected chi connectivity index (χ1v) is 2.12. The molecular formula is C6H3ClF2Mg. The van der Waals surface area contributed by atoms with E-state index in [1.165, 1.54) is 0 Å². The van der Waals surface area contributed by atoms with Crippen LogP contribution in [0.2, 0.25) is 0 Å². The Labute approximate surface area is 80.2 Å². The summed E-state index contributed by atoms with van der Waals surface area (Å²) in [6.45, 7) is 0. The average molecular weight is 173 g/mol. The van der Waals surface area contributed by atoms with Crippen molar-refractivity contribution < 1.29 is 21.2 Å². The monoisotopic (exact) mass is 172 g/mol. The van der Waals surface area contributed by atoms with Gasteiger partial charge in [-0.15, -0.1) is 24.3 Å². The molecule has 50 valence electrons. The van der Waals surface area contributed by atoms with Crippen molar-refractivity contribution in [3.8, 4) is 0 Å². The Kier molecular flexibility index (Phi) is 7.52. The first-order valence-electron chi connectivity index (χ1n) is 2.12. The second-order valence-corrected chi connectivity index (χ2v) is 1.35.